The number of phenols is 1. The molecule has 1 N–H and O–H groups in total. The van der Waals surface area contributed by atoms with Gasteiger partial charge in [0, 0.05) is 29.2 Å². The van der Waals surface area contributed by atoms with Crippen LogP contribution in [0.15, 0.2) is 66.7 Å². The molecule has 6 heteroatoms. The summed E-state index contributed by atoms with van der Waals surface area (Å²) in [6.45, 7) is 2.31. The van der Waals surface area contributed by atoms with E-state index in [4.69, 9.17) is 9.47 Å². The van der Waals surface area contributed by atoms with Crippen LogP contribution in [-0.2, 0) is 7.05 Å². The van der Waals surface area contributed by atoms with Crippen LogP contribution in [0.4, 0.5) is 5.69 Å². The predicted octanol–water partition coefficient (Wildman–Crippen LogP) is 5.04. The van der Waals surface area contributed by atoms with Gasteiger partial charge in [-0.1, -0.05) is 24.3 Å². The third-order valence-electron chi connectivity index (χ3n) is 6.05. The Morgan fingerprint density at radius 3 is 2.50 bits per heavy atom. The SMILES string of the molecule is CCOc1cc([C@H]2c3c(n(C)c4ccccc34)C(=O)N2c2ccc(OC)cc2)ccc1O. The molecule has 0 spiro atoms. The number of carbonyl (C=O) groups excluding carboxylic acids is 1. The number of para-hydroxylation sites is 1. The molecule has 2 heterocycles. The van der Waals surface area contributed by atoms with Gasteiger partial charge >= 0.3 is 0 Å². The van der Waals surface area contributed by atoms with E-state index in [0.717, 1.165) is 33.5 Å². The monoisotopic (exact) mass is 428 g/mol. The van der Waals surface area contributed by atoms with Crippen LogP contribution in [-0.4, -0.2) is 29.3 Å². The molecule has 0 unspecified atom stereocenters. The van der Waals surface area contributed by atoms with Gasteiger partial charge in [-0.15, -0.1) is 0 Å². The summed E-state index contributed by atoms with van der Waals surface area (Å²) in [5.74, 6) is 1.14. The van der Waals surface area contributed by atoms with Crippen LogP contribution in [0, 0.1) is 0 Å². The summed E-state index contributed by atoms with van der Waals surface area (Å²) in [7, 11) is 3.54. The Kier molecular flexibility index (Phi) is 4.78. The fourth-order valence-electron chi connectivity index (χ4n) is 4.62. The van der Waals surface area contributed by atoms with Gasteiger partial charge in [-0.3, -0.25) is 9.69 Å². The van der Waals surface area contributed by atoms with E-state index >= 15 is 0 Å². The molecular weight excluding hydrogens is 404 g/mol. The number of benzene rings is 3. The minimum Gasteiger partial charge on any atom is -0.504 e. The highest BCUT2D eigenvalue weighted by Gasteiger charge is 2.43. The summed E-state index contributed by atoms with van der Waals surface area (Å²) < 4.78 is 12.9. The van der Waals surface area contributed by atoms with E-state index in [1.165, 1.54) is 0 Å². The van der Waals surface area contributed by atoms with Crippen LogP contribution < -0.4 is 14.4 Å². The quantitative estimate of drug-likeness (QED) is 0.484. The minimum atomic E-state index is -0.364. The van der Waals surface area contributed by atoms with Crippen molar-refractivity contribution in [2.45, 2.75) is 13.0 Å². The fourth-order valence-corrected chi connectivity index (χ4v) is 4.62. The summed E-state index contributed by atoms with van der Waals surface area (Å²) in [5.41, 5.74) is 4.27. The second kappa shape index (κ2) is 7.64. The topological polar surface area (TPSA) is 63.9 Å². The first-order chi connectivity index (χ1) is 15.5. The Hall–Kier alpha value is -3.93. The number of nitrogens with zero attached hydrogens (tertiary/aromatic N) is 2. The van der Waals surface area contributed by atoms with Crippen LogP contribution >= 0.6 is 0 Å². The van der Waals surface area contributed by atoms with Crippen molar-refractivity contribution in [2.24, 2.45) is 7.05 Å². The Labute approximate surface area is 186 Å². The number of hydrogen-bond acceptors (Lipinski definition) is 4. The Morgan fingerprint density at radius 1 is 1.03 bits per heavy atom. The van der Waals surface area contributed by atoms with Gasteiger partial charge in [0.2, 0.25) is 0 Å². The molecule has 0 bridgehead atoms. The second-order valence-corrected chi connectivity index (χ2v) is 7.77. The van der Waals surface area contributed by atoms with Gasteiger partial charge < -0.3 is 19.1 Å². The molecule has 0 radical (unpaired) electrons. The lowest BCUT2D eigenvalue weighted by molar-refractivity contribution is 0.0986. The van der Waals surface area contributed by atoms with E-state index in [2.05, 4.69) is 6.07 Å². The maximum atomic E-state index is 13.8. The van der Waals surface area contributed by atoms with Crippen molar-refractivity contribution in [2.75, 3.05) is 18.6 Å². The van der Waals surface area contributed by atoms with Crippen LogP contribution in [0.2, 0.25) is 0 Å². The molecule has 1 atom stereocenters. The number of fused-ring (bicyclic) bond motifs is 3. The van der Waals surface area contributed by atoms with Gasteiger partial charge in [-0.2, -0.15) is 0 Å². The number of methoxy groups -OCH3 is 1. The number of aryl methyl sites for hydroxylation is 1. The average Bonchev–Trinajstić information content (AvgIpc) is 3.28. The van der Waals surface area contributed by atoms with Crippen molar-refractivity contribution in [3.63, 3.8) is 0 Å². The highest BCUT2D eigenvalue weighted by atomic mass is 16.5. The number of aromatic hydroxyl groups is 1. The van der Waals surface area contributed by atoms with E-state index in [-0.39, 0.29) is 17.7 Å². The summed E-state index contributed by atoms with van der Waals surface area (Å²) >= 11 is 0. The molecule has 3 aromatic carbocycles. The summed E-state index contributed by atoms with van der Waals surface area (Å²) in [6.07, 6.45) is 0. The molecule has 1 aliphatic heterocycles. The van der Waals surface area contributed by atoms with E-state index < -0.39 is 0 Å². The van der Waals surface area contributed by atoms with Gasteiger partial charge in [-0.25, -0.2) is 0 Å². The zero-order valence-corrected chi connectivity index (χ0v) is 18.2. The zero-order valence-electron chi connectivity index (χ0n) is 18.2. The molecule has 1 aromatic heterocycles. The number of phenolic OH excluding ortho intramolecular Hbond substituents is 1. The summed E-state index contributed by atoms with van der Waals surface area (Å²) in [5, 5.41) is 11.3. The van der Waals surface area contributed by atoms with E-state index in [9.17, 15) is 9.90 Å². The number of rotatable bonds is 5. The Morgan fingerprint density at radius 2 is 1.78 bits per heavy atom. The molecule has 162 valence electrons. The predicted molar refractivity (Wildman–Crippen MR) is 124 cm³/mol. The van der Waals surface area contributed by atoms with Crippen molar-refractivity contribution >= 4 is 22.5 Å². The molecule has 32 heavy (non-hydrogen) atoms. The molecule has 1 amide bonds. The maximum Gasteiger partial charge on any atom is 0.276 e. The number of amides is 1. The number of aromatic nitrogens is 1. The highest BCUT2D eigenvalue weighted by molar-refractivity contribution is 6.15. The molecule has 1 aliphatic rings. The van der Waals surface area contributed by atoms with Crippen molar-refractivity contribution in [3.05, 3.63) is 83.6 Å². The molecule has 0 saturated heterocycles. The largest absolute Gasteiger partial charge is 0.504 e. The second-order valence-electron chi connectivity index (χ2n) is 7.77. The van der Waals surface area contributed by atoms with Gasteiger partial charge in [0.25, 0.3) is 5.91 Å². The zero-order chi connectivity index (χ0) is 22.4. The molecule has 0 saturated carbocycles. The molecule has 0 aliphatic carbocycles. The Bertz CT molecular complexity index is 1320. The van der Waals surface area contributed by atoms with E-state index in [1.54, 1.807) is 18.1 Å². The Balaban J connectivity index is 1.76. The summed E-state index contributed by atoms with van der Waals surface area (Å²) in [6, 6.07) is 20.5. The number of carbonyl (C=O) groups is 1. The van der Waals surface area contributed by atoms with Crippen molar-refractivity contribution in [1.29, 1.82) is 0 Å². The van der Waals surface area contributed by atoms with Gasteiger partial charge in [0.05, 0.1) is 19.8 Å². The first-order valence-electron chi connectivity index (χ1n) is 10.6. The normalized spacial score (nSPS) is 15.3. The van der Waals surface area contributed by atoms with Crippen LogP contribution in [0.1, 0.15) is 34.6 Å². The molecule has 5 rings (SSSR count). The molecule has 0 fully saturated rings. The van der Waals surface area contributed by atoms with Crippen molar-refractivity contribution in [1.82, 2.24) is 4.57 Å². The number of hydrogen-bond donors (Lipinski definition) is 1. The first-order valence-corrected chi connectivity index (χ1v) is 10.6. The smallest absolute Gasteiger partial charge is 0.276 e. The van der Waals surface area contributed by atoms with Gasteiger partial charge in [-0.05, 0) is 55.0 Å². The molecular formula is C26H24N2O4. The third kappa shape index (κ3) is 2.91. The lowest BCUT2D eigenvalue weighted by Gasteiger charge is -2.27. The van der Waals surface area contributed by atoms with Crippen molar-refractivity contribution < 1.29 is 19.4 Å². The maximum absolute atomic E-state index is 13.8. The molecule has 6 nitrogen and oxygen atoms in total. The average molecular weight is 428 g/mol. The van der Waals surface area contributed by atoms with Gasteiger partial charge in [0.1, 0.15) is 11.4 Å². The van der Waals surface area contributed by atoms with Crippen LogP contribution in [0.5, 0.6) is 17.2 Å². The first kappa shape index (κ1) is 20.0. The fraction of sp³-hybridized carbons (Fsp3) is 0.192. The van der Waals surface area contributed by atoms with Crippen LogP contribution in [0.25, 0.3) is 10.9 Å². The van der Waals surface area contributed by atoms with Crippen LogP contribution in [0.3, 0.4) is 0 Å². The van der Waals surface area contributed by atoms with E-state index in [1.807, 2.05) is 73.1 Å². The highest BCUT2D eigenvalue weighted by Crippen LogP contribution is 2.47. The number of anilines is 1. The lowest BCUT2D eigenvalue weighted by atomic mass is 9.97. The molecule has 4 aromatic rings. The van der Waals surface area contributed by atoms with E-state index in [0.29, 0.717) is 18.1 Å². The summed E-state index contributed by atoms with van der Waals surface area (Å²) in [4.78, 5) is 15.6. The number of ether oxygens (including phenoxy) is 2. The van der Waals surface area contributed by atoms with Gasteiger partial charge in [0.15, 0.2) is 11.5 Å². The minimum absolute atomic E-state index is 0.0695. The standard InChI is InChI=1S/C26H24N2O4/c1-4-32-22-15-16(9-14-21(22)29)24-23-19-7-5-6-8-20(19)27(2)25(23)26(30)28(24)17-10-12-18(31-3)13-11-17/h5-15,24,29H,4H2,1-3H3/t24-/m0/s1. The van der Waals surface area contributed by atoms with Crippen molar-refractivity contribution in [3.8, 4) is 17.2 Å². The third-order valence-corrected chi connectivity index (χ3v) is 6.05. The lowest BCUT2D eigenvalue weighted by Crippen LogP contribution is -2.29.